The molecule has 1 aromatic heterocycles. The minimum absolute atomic E-state index is 0.0375. The van der Waals surface area contributed by atoms with Gasteiger partial charge in [-0.25, -0.2) is 13.4 Å². The van der Waals surface area contributed by atoms with Crippen LogP contribution in [0.15, 0.2) is 36.5 Å². The van der Waals surface area contributed by atoms with E-state index in [9.17, 15) is 23.4 Å². The van der Waals surface area contributed by atoms with E-state index in [2.05, 4.69) is 15.0 Å². The number of nitrogens with zero attached hydrogens (tertiary/aromatic N) is 1. The molecule has 1 amide bonds. The summed E-state index contributed by atoms with van der Waals surface area (Å²) in [5, 5.41) is 21.3. The van der Waals surface area contributed by atoms with Crippen molar-refractivity contribution in [3.05, 3.63) is 42.1 Å². The number of rotatable bonds is 5. The van der Waals surface area contributed by atoms with Gasteiger partial charge in [0.25, 0.3) is 5.91 Å². The Bertz CT molecular complexity index is 920. The van der Waals surface area contributed by atoms with Gasteiger partial charge in [-0.3, -0.25) is 9.52 Å². The van der Waals surface area contributed by atoms with E-state index in [-0.39, 0.29) is 34.3 Å². The van der Waals surface area contributed by atoms with Crippen molar-refractivity contribution in [2.45, 2.75) is 20.8 Å². The van der Waals surface area contributed by atoms with Crippen molar-refractivity contribution in [2.75, 3.05) is 15.8 Å². The summed E-state index contributed by atoms with van der Waals surface area (Å²) in [4.78, 5) is 16.2. The second-order valence-corrected chi connectivity index (χ2v) is 8.73. The van der Waals surface area contributed by atoms with Crippen LogP contribution in [0.25, 0.3) is 0 Å². The number of carbonyl (C=O) groups is 1. The van der Waals surface area contributed by atoms with Gasteiger partial charge in [0.1, 0.15) is 5.82 Å². The molecule has 0 aliphatic rings. The second-order valence-electron chi connectivity index (χ2n) is 7.01. The van der Waals surface area contributed by atoms with E-state index in [1.165, 1.54) is 36.5 Å². The molecule has 0 unspecified atom stereocenters. The summed E-state index contributed by atoms with van der Waals surface area (Å²) >= 11 is 0. The van der Waals surface area contributed by atoms with Crippen molar-refractivity contribution in [3.63, 3.8) is 0 Å². The molecule has 26 heavy (non-hydrogen) atoms. The highest BCUT2D eigenvalue weighted by atomic mass is 32.2. The van der Waals surface area contributed by atoms with Gasteiger partial charge in [0.15, 0.2) is 11.5 Å². The first-order valence-corrected chi connectivity index (χ1v) is 9.40. The predicted molar refractivity (Wildman–Crippen MR) is 98.8 cm³/mol. The van der Waals surface area contributed by atoms with Gasteiger partial charge in [-0.1, -0.05) is 20.8 Å². The molecule has 0 spiro atoms. The number of amides is 1. The number of hydrogen-bond acceptors (Lipinski definition) is 6. The first kappa shape index (κ1) is 19.5. The van der Waals surface area contributed by atoms with E-state index < -0.39 is 21.3 Å². The minimum atomic E-state index is -3.61. The van der Waals surface area contributed by atoms with E-state index in [1.807, 2.05) is 0 Å². The molecule has 0 radical (unpaired) electrons. The zero-order valence-electron chi connectivity index (χ0n) is 14.6. The van der Waals surface area contributed by atoms with Crippen LogP contribution in [0, 0.1) is 5.41 Å². The van der Waals surface area contributed by atoms with E-state index in [0.29, 0.717) is 0 Å². The lowest BCUT2D eigenvalue weighted by atomic mass is 10.0. The van der Waals surface area contributed by atoms with Crippen LogP contribution in [-0.4, -0.2) is 35.3 Å². The van der Waals surface area contributed by atoms with E-state index in [4.69, 9.17) is 0 Å². The highest BCUT2D eigenvalue weighted by Gasteiger charge is 2.22. The van der Waals surface area contributed by atoms with Gasteiger partial charge >= 0.3 is 0 Å². The molecule has 0 bridgehead atoms. The van der Waals surface area contributed by atoms with Crippen LogP contribution in [0.5, 0.6) is 11.5 Å². The Morgan fingerprint density at radius 2 is 1.81 bits per heavy atom. The molecule has 2 aromatic rings. The van der Waals surface area contributed by atoms with Gasteiger partial charge in [-0.2, -0.15) is 0 Å². The number of aromatic hydroxyl groups is 2. The Morgan fingerprint density at radius 3 is 2.42 bits per heavy atom. The third-order valence-electron chi connectivity index (χ3n) is 3.14. The summed E-state index contributed by atoms with van der Waals surface area (Å²) in [5.74, 6) is -1.25. The van der Waals surface area contributed by atoms with E-state index in [0.717, 1.165) is 0 Å². The standard InChI is InChI=1S/C17H21N3O5S/c1-17(2,3)10-26(24,25)20-15-8-11(6-7-18-15)16(23)19-12-4-5-13(21)14(22)9-12/h4-9,21-22H,10H2,1-3H3,(H,18,20)(H,19,23). The summed E-state index contributed by atoms with van der Waals surface area (Å²) in [6.07, 6.45) is 1.32. The maximum atomic E-state index is 12.3. The lowest BCUT2D eigenvalue weighted by Crippen LogP contribution is -2.26. The highest BCUT2D eigenvalue weighted by Crippen LogP contribution is 2.27. The van der Waals surface area contributed by atoms with Gasteiger partial charge in [-0.15, -0.1) is 0 Å². The summed E-state index contributed by atoms with van der Waals surface area (Å²) < 4.78 is 26.7. The fourth-order valence-electron chi connectivity index (χ4n) is 2.20. The second kappa shape index (κ2) is 7.20. The number of aromatic nitrogens is 1. The molecule has 0 aliphatic heterocycles. The topological polar surface area (TPSA) is 129 Å². The number of benzene rings is 1. The Morgan fingerprint density at radius 1 is 1.12 bits per heavy atom. The smallest absolute Gasteiger partial charge is 0.255 e. The predicted octanol–water partition coefficient (Wildman–Crippen LogP) is 2.53. The Labute approximate surface area is 152 Å². The maximum Gasteiger partial charge on any atom is 0.255 e. The summed E-state index contributed by atoms with van der Waals surface area (Å²) in [6.45, 7) is 5.41. The molecular formula is C17H21N3O5S. The third-order valence-corrected chi connectivity index (χ3v) is 4.90. The maximum absolute atomic E-state index is 12.3. The summed E-state index contributed by atoms with van der Waals surface area (Å²) in [7, 11) is -3.61. The number of carbonyl (C=O) groups excluding carboxylic acids is 1. The molecule has 140 valence electrons. The molecule has 0 saturated carbocycles. The molecule has 0 saturated heterocycles. The van der Waals surface area contributed by atoms with Crippen LogP contribution in [0.1, 0.15) is 31.1 Å². The van der Waals surface area contributed by atoms with Crippen LogP contribution < -0.4 is 10.0 Å². The number of phenols is 2. The number of pyridine rings is 1. The third kappa shape index (κ3) is 5.62. The average Bonchev–Trinajstić information content (AvgIpc) is 2.48. The van der Waals surface area contributed by atoms with Crippen LogP contribution in [0.4, 0.5) is 11.5 Å². The van der Waals surface area contributed by atoms with Crippen molar-refractivity contribution in [1.82, 2.24) is 4.98 Å². The van der Waals surface area contributed by atoms with Crippen molar-refractivity contribution in [1.29, 1.82) is 0 Å². The van der Waals surface area contributed by atoms with Gasteiger partial charge in [0.2, 0.25) is 10.0 Å². The molecule has 4 N–H and O–H groups in total. The SMILES string of the molecule is CC(C)(C)CS(=O)(=O)Nc1cc(C(=O)Nc2ccc(O)c(O)c2)ccn1. The van der Waals surface area contributed by atoms with Gasteiger partial charge in [-0.05, 0) is 29.7 Å². The largest absolute Gasteiger partial charge is 0.504 e. The Hall–Kier alpha value is -2.81. The fraction of sp³-hybridized carbons (Fsp3) is 0.294. The lowest BCUT2D eigenvalue weighted by Gasteiger charge is -2.18. The molecule has 1 heterocycles. The first-order chi connectivity index (χ1) is 12.0. The highest BCUT2D eigenvalue weighted by molar-refractivity contribution is 7.92. The van der Waals surface area contributed by atoms with Crippen molar-refractivity contribution in [2.24, 2.45) is 5.41 Å². The lowest BCUT2D eigenvalue weighted by molar-refractivity contribution is 0.102. The fourth-order valence-corrected chi connectivity index (χ4v) is 3.84. The number of anilines is 2. The molecule has 2 rings (SSSR count). The zero-order chi connectivity index (χ0) is 19.5. The molecule has 8 nitrogen and oxygen atoms in total. The molecule has 0 aliphatic carbocycles. The Balaban J connectivity index is 2.15. The van der Waals surface area contributed by atoms with Crippen molar-refractivity contribution >= 4 is 27.4 Å². The van der Waals surface area contributed by atoms with Crippen LogP contribution in [0.2, 0.25) is 0 Å². The molecule has 9 heteroatoms. The summed E-state index contributed by atoms with van der Waals surface area (Å²) in [5.41, 5.74) is 0.0276. The monoisotopic (exact) mass is 379 g/mol. The van der Waals surface area contributed by atoms with E-state index >= 15 is 0 Å². The Kier molecular flexibility index (Phi) is 5.41. The minimum Gasteiger partial charge on any atom is -0.504 e. The average molecular weight is 379 g/mol. The zero-order valence-corrected chi connectivity index (χ0v) is 15.5. The van der Waals surface area contributed by atoms with E-state index in [1.54, 1.807) is 20.8 Å². The van der Waals surface area contributed by atoms with Gasteiger partial charge in [0.05, 0.1) is 5.75 Å². The van der Waals surface area contributed by atoms with Gasteiger partial charge < -0.3 is 15.5 Å². The van der Waals surface area contributed by atoms with Gasteiger partial charge in [0, 0.05) is 23.5 Å². The van der Waals surface area contributed by atoms with Crippen LogP contribution in [-0.2, 0) is 10.0 Å². The first-order valence-electron chi connectivity index (χ1n) is 7.75. The number of nitrogens with one attached hydrogen (secondary N) is 2. The van der Waals surface area contributed by atoms with Crippen LogP contribution in [0.3, 0.4) is 0 Å². The normalized spacial score (nSPS) is 11.8. The van der Waals surface area contributed by atoms with Crippen molar-refractivity contribution in [3.8, 4) is 11.5 Å². The summed E-state index contributed by atoms with van der Waals surface area (Å²) in [6, 6.07) is 6.60. The molecule has 0 fully saturated rings. The number of hydrogen-bond donors (Lipinski definition) is 4. The van der Waals surface area contributed by atoms with Crippen LogP contribution >= 0.6 is 0 Å². The number of sulfonamides is 1. The molecule has 1 aromatic carbocycles. The van der Waals surface area contributed by atoms with Crippen molar-refractivity contribution < 1.29 is 23.4 Å². The molecular weight excluding hydrogens is 358 g/mol. The number of phenolic OH excluding ortho intramolecular Hbond substituents is 2. The quantitative estimate of drug-likeness (QED) is 0.467. The molecule has 0 atom stereocenters.